The van der Waals surface area contributed by atoms with Crippen LogP contribution in [0.5, 0.6) is 0 Å². The molecule has 0 aromatic carbocycles. The van der Waals surface area contributed by atoms with Gasteiger partial charge in [0.05, 0.1) is 0 Å². The smallest absolute Gasteiger partial charge is 0.316 e. The Morgan fingerprint density at radius 2 is 1.92 bits per heavy atom. The van der Waals surface area contributed by atoms with E-state index in [1.165, 1.54) is 0 Å². The average Bonchev–Trinajstić information content (AvgIpc) is 1.96. The summed E-state index contributed by atoms with van der Waals surface area (Å²) in [7, 11) is 0. The summed E-state index contributed by atoms with van der Waals surface area (Å²) in [6.07, 6.45) is 0.917. The number of rotatable bonds is 4. The predicted molar refractivity (Wildman–Crippen MR) is 58.2 cm³/mol. The molecule has 78 valence electrons. The molecule has 1 N–H and O–H groups in total. The van der Waals surface area contributed by atoms with Gasteiger partial charge in [0.15, 0.2) is 0 Å². The molecule has 2 nitrogen and oxygen atoms in total. The molecule has 0 rings (SSSR count). The van der Waals surface area contributed by atoms with E-state index in [2.05, 4.69) is 20.8 Å². The topological polar surface area (TPSA) is 37.3 Å². The zero-order valence-electron chi connectivity index (χ0n) is 9.13. The summed E-state index contributed by atoms with van der Waals surface area (Å²) in [6, 6.07) is 0. The highest BCUT2D eigenvalue weighted by molar-refractivity contribution is 8.01. The highest BCUT2D eigenvalue weighted by Crippen LogP contribution is 2.33. The van der Waals surface area contributed by atoms with Crippen LogP contribution in [-0.2, 0) is 4.79 Å². The van der Waals surface area contributed by atoms with Gasteiger partial charge < -0.3 is 5.11 Å². The molecule has 13 heavy (non-hydrogen) atoms. The lowest BCUT2D eigenvalue weighted by atomic mass is 10.1. The summed E-state index contributed by atoms with van der Waals surface area (Å²) in [5.74, 6) is -0.448. The third-order valence-corrected chi connectivity index (χ3v) is 3.51. The monoisotopic (exact) mass is 204 g/mol. The van der Waals surface area contributed by atoms with E-state index in [9.17, 15) is 4.79 Å². The van der Waals surface area contributed by atoms with Crippen LogP contribution in [0.2, 0.25) is 0 Å². The van der Waals surface area contributed by atoms with E-state index in [1.54, 1.807) is 11.8 Å². The summed E-state index contributed by atoms with van der Waals surface area (Å²) in [6.45, 7) is 10.2. The number of aliphatic carboxylic acids is 1. The van der Waals surface area contributed by atoms with Gasteiger partial charge in [0.25, 0.3) is 0 Å². The van der Waals surface area contributed by atoms with E-state index in [1.807, 2.05) is 13.8 Å². The van der Waals surface area contributed by atoms with Crippen molar-refractivity contribution in [3.8, 4) is 0 Å². The average molecular weight is 204 g/mol. The Morgan fingerprint density at radius 3 is 2.15 bits per heavy atom. The zero-order valence-corrected chi connectivity index (χ0v) is 9.94. The van der Waals surface area contributed by atoms with Crippen molar-refractivity contribution >= 4 is 17.7 Å². The Balaban J connectivity index is 4.36. The summed E-state index contributed by atoms with van der Waals surface area (Å²) >= 11 is 1.54. The van der Waals surface area contributed by atoms with Crippen molar-refractivity contribution in [1.82, 2.24) is 0 Å². The second-order valence-electron chi connectivity index (χ2n) is 4.37. The number of carbonyl (C=O) groups is 1. The van der Waals surface area contributed by atoms with E-state index >= 15 is 0 Å². The van der Waals surface area contributed by atoms with Gasteiger partial charge in [0, 0.05) is 4.75 Å². The number of hydrogen-bond donors (Lipinski definition) is 1. The Kier molecular flexibility index (Phi) is 4.82. The Bertz CT molecular complexity index is 172. The fourth-order valence-electron chi connectivity index (χ4n) is 1.00. The van der Waals surface area contributed by atoms with E-state index in [-0.39, 0.29) is 15.9 Å². The highest BCUT2D eigenvalue weighted by atomic mass is 32.2. The molecule has 0 amide bonds. The van der Waals surface area contributed by atoms with Crippen LogP contribution in [0.4, 0.5) is 0 Å². The van der Waals surface area contributed by atoms with Gasteiger partial charge in [-0.05, 0) is 5.92 Å². The maximum atomic E-state index is 11.0. The van der Waals surface area contributed by atoms with Crippen LogP contribution in [-0.4, -0.2) is 21.1 Å². The summed E-state index contributed by atoms with van der Waals surface area (Å²) in [5.41, 5.74) is 0. The third kappa shape index (κ3) is 5.19. The largest absolute Gasteiger partial charge is 0.480 e. The van der Waals surface area contributed by atoms with Crippen LogP contribution in [0, 0.1) is 5.92 Å². The quantitative estimate of drug-likeness (QED) is 0.765. The molecule has 0 aromatic heterocycles. The molecular formula is C10H20O2S. The summed E-state index contributed by atoms with van der Waals surface area (Å²) in [5, 5.41) is 8.74. The van der Waals surface area contributed by atoms with E-state index in [0.717, 1.165) is 6.42 Å². The molecule has 0 saturated heterocycles. The molecule has 0 spiro atoms. The van der Waals surface area contributed by atoms with Gasteiger partial charge in [0.2, 0.25) is 0 Å². The molecule has 0 saturated carbocycles. The van der Waals surface area contributed by atoms with Crippen LogP contribution in [0.25, 0.3) is 0 Å². The molecule has 2 atom stereocenters. The molecule has 0 aliphatic rings. The van der Waals surface area contributed by atoms with Crippen molar-refractivity contribution in [2.45, 2.75) is 51.0 Å². The van der Waals surface area contributed by atoms with E-state index in [4.69, 9.17) is 5.11 Å². The van der Waals surface area contributed by atoms with E-state index in [0.29, 0.717) is 0 Å². The fraction of sp³-hybridized carbons (Fsp3) is 0.900. The maximum absolute atomic E-state index is 11.0. The van der Waals surface area contributed by atoms with Crippen molar-refractivity contribution < 1.29 is 9.90 Å². The van der Waals surface area contributed by atoms with Crippen molar-refractivity contribution in [3.05, 3.63) is 0 Å². The normalized spacial score (nSPS) is 16.7. The summed E-state index contributed by atoms with van der Waals surface area (Å²) < 4.78 is 0.0203. The number of carboxylic acid groups (broad SMARTS) is 1. The lowest BCUT2D eigenvalue weighted by molar-refractivity contribution is -0.137. The second-order valence-corrected chi connectivity index (χ2v) is 6.34. The standard InChI is InChI=1S/C10H20O2S/c1-6-7(2)8(9(11)12)13-10(3,4)5/h7-8H,6H2,1-5H3,(H,11,12). The van der Waals surface area contributed by atoms with E-state index < -0.39 is 5.97 Å². The minimum absolute atomic E-state index is 0.0203. The lowest BCUT2D eigenvalue weighted by Crippen LogP contribution is -2.28. The molecule has 0 heterocycles. The third-order valence-electron chi connectivity index (χ3n) is 1.88. The van der Waals surface area contributed by atoms with Crippen molar-refractivity contribution in [2.24, 2.45) is 5.92 Å². The lowest BCUT2D eigenvalue weighted by Gasteiger charge is -2.26. The first-order chi connectivity index (χ1) is 5.78. The first-order valence-corrected chi connectivity index (χ1v) is 5.56. The molecule has 2 unspecified atom stereocenters. The van der Waals surface area contributed by atoms with Gasteiger partial charge in [-0.1, -0.05) is 41.0 Å². The molecule has 0 fully saturated rings. The second kappa shape index (κ2) is 4.89. The van der Waals surface area contributed by atoms with Crippen molar-refractivity contribution in [2.75, 3.05) is 0 Å². The minimum Gasteiger partial charge on any atom is -0.480 e. The van der Waals surface area contributed by atoms with Gasteiger partial charge in [-0.15, -0.1) is 11.8 Å². The van der Waals surface area contributed by atoms with Crippen molar-refractivity contribution in [1.29, 1.82) is 0 Å². The molecule has 3 heteroatoms. The first kappa shape index (κ1) is 12.8. The molecule has 0 bridgehead atoms. The molecular weight excluding hydrogens is 184 g/mol. The molecule has 0 aliphatic heterocycles. The van der Waals surface area contributed by atoms with Gasteiger partial charge in [-0.2, -0.15) is 0 Å². The predicted octanol–water partition coefficient (Wildman–Crippen LogP) is 3.02. The minimum atomic E-state index is -0.686. The van der Waals surface area contributed by atoms with Crippen LogP contribution in [0.3, 0.4) is 0 Å². The Morgan fingerprint density at radius 1 is 1.46 bits per heavy atom. The maximum Gasteiger partial charge on any atom is 0.316 e. The van der Waals surface area contributed by atoms with Gasteiger partial charge >= 0.3 is 5.97 Å². The highest BCUT2D eigenvalue weighted by Gasteiger charge is 2.28. The number of carboxylic acids is 1. The van der Waals surface area contributed by atoms with Crippen LogP contribution >= 0.6 is 11.8 Å². The van der Waals surface area contributed by atoms with Crippen molar-refractivity contribution in [3.63, 3.8) is 0 Å². The Hall–Kier alpha value is -0.180. The fourth-order valence-corrected chi connectivity index (χ4v) is 2.29. The number of thioether (sulfide) groups is 1. The first-order valence-electron chi connectivity index (χ1n) is 4.68. The molecule has 0 radical (unpaired) electrons. The van der Waals surface area contributed by atoms with Crippen LogP contribution < -0.4 is 0 Å². The van der Waals surface area contributed by atoms with Gasteiger partial charge in [0.1, 0.15) is 5.25 Å². The van der Waals surface area contributed by atoms with Gasteiger partial charge in [-0.25, -0.2) is 0 Å². The molecule has 0 aromatic rings. The van der Waals surface area contributed by atoms with Crippen LogP contribution in [0.15, 0.2) is 0 Å². The summed E-state index contributed by atoms with van der Waals surface area (Å²) in [4.78, 5) is 11.0. The molecule has 0 aliphatic carbocycles. The Labute approximate surface area is 85.1 Å². The zero-order chi connectivity index (χ0) is 10.6. The SMILES string of the molecule is CCC(C)C(SC(C)(C)C)C(=O)O. The van der Waals surface area contributed by atoms with Crippen LogP contribution in [0.1, 0.15) is 41.0 Å². The van der Waals surface area contributed by atoms with Gasteiger partial charge in [-0.3, -0.25) is 4.79 Å². The number of hydrogen-bond acceptors (Lipinski definition) is 2.